The smallest absolute Gasteiger partial charge is 0.238 e. The predicted molar refractivity (Wildman–Crippen MR) is 80.6 cm³/mol. The number of amides is 1. The number of hydrogen-bond donors (Lipinski definition) is 2. The van der Waals surface area contributed by atoms with Gasteiger partial charge in [-0.25, -0.2) is 8.78 Å². The summed E-state index contributed by atoms with van der Waals surface area (Å²) in [6.45, 7) is 7.92. The highest BCUT2D eigenvalue weighted by molar-refractivity contribution is 5.92. The number of carbonyl (C=O) groups excluding carboxylic acids is 1. The van der Waals surface area contributed by atoms with Crippen molar-refractivity contribution < 1.29 is 18.3 Å². The summed E-state index contributed by atoms with van der Waals surface area (Å²) in [6.07, 6.45) is 0.765. The average Bonchev–Trinajstić information content (AvgIpc) is 2.59. The molecule has 1 aromatic rings. The van der Waals surface area contributed by atoms with E-state index in [1.807, 2.05) is 27.7 Å². The van der Waals surface area contributed by atoms with Gasteiger partial charge in [0.15, 0.2) is 0 Å². The monoisotopic (exact) mass is 312 g/mol. The minimum absolute atomic E-state index is 0.00346. The summed E-state index contributed by atoms with van der Waals surface area (Å²) in [5, 5.41) is 5.49. The van der Waals surface area contributed by atoms with Gasteiger partial charge in [-0.3, -0.25) is 4.79 Å². The summed E-state index contributed by atoms with van der Waals surface area (Å²) in [5.41, 5.74) is -0.811. The van der Waals surface area contributed by atoms with E-state index in [4.69, 9.17) is 4.74 Å². The van der Waals surface area contributed by atoms with E-state index in [0.717, 1.165) is 24.6 Å². The van der Waals surface area contributed by atoms with E-state index in [1.54, 1.807) is 0 Å². The Morgan fingerprint density at radius 3 is 2.59 bits per heavy atom. The van der Waals surface area contributed by atoms with E-state index in [1.165, 1.54) is 0 Å². The first-order valence-corrected chi connectivity index (χ1v) is 7.27. The second-order valence-corrected chi connectivity index (χ2v) is 6.78. The van der Waals surface area contributed by atoms with Crippen molar-refractivity contribution in [3.05, 3.63) is 29.8 Å². The highest BCUT2D eigenvalue weighted by atomic mass is 19.1. The van der Waals surface area contributed by atoms with Crippen LogP contribution in [0.3, 0.4) is 0 Å². The number of carbonyl (C=O) groups is 1. The topological polar surface area (TPSA) is 50.4 Å². The molecule has 0 spiro atoms. The van der Waals surface area contributed by atoms with Crippen LogP contribution in [0.4, 0.5) is 14.5 Å². The van der Waals surface area contributed by atoms with Crippen LogP contribution in [0.2, 0.25) is 0 Å². The zero-order chi connectivity index (χ0) is 16.5. The van der Waals surface area contributed by atoms with Gasteiger partial charge in [-0.2, -0.15) is 0 Å². The summed E-state index contributed by atoms with van der Waals surface area (Å²) in [5.74, 6) is -1.69. The van der Waals surface area contributed by atoms with Gasteiger partial charge < -0.3 is 15.4 Å². The fraction of sp³-hybridized carbons (Fsp3) is 0.562. The fourth-order valence-electron chi connectivity index (χ4n) is 2.88. The van der Waals surface area contributed by atoms with Crippen LogP contribution in [-0.4, -0.2) is 29.7 Å². The Hall–Kier alpha value is -1.53. The number of nitrogens with one attached hydrogen (secondary N) is 2. The van der Waals surface area contributed by atoms with Crippen LogP contribution in [0.5, 0.6) is 0 Å². The number of halogens is 2. The summed E-state index contributed by atoms with van der Waals surface area (Å²) >= 11 is 0. The van der Waals surface area contributed by atoms with Crippen molar-refractivity contribution in [1.82, 2.24) is 5.32 Å². The molecule has 0 aromatic heterocycles. The zero-order valence-corrected chi connectivity index (χ0v) is 13.3. The molecule has 1 fully saturated rings. The molecular formula is C16H22F2N2O2. The highest BCUT2D eigenvalue weighted by Gasteiger charge is 2.45. The predicted octanol–water partition coefficient (Wildman–Crippen LogP) is 2.84. The molecule has 1 aliphatic rings. The first kappa shape index (κ1) is 16.8. The van der Waals surface area contributed by atoms with E-state index < -0.39 is 23.1 Å². The van der Waals surface area contributed by atoms with E-state index in [0.29, 0.717) is 0 Å². The number of rotatable bonds is 4. The summed E-state index contributed by atoms with van der Waals surface area (Å²) < 4.78 is 32.5. The molecule has 1 aliphatic heterocycles. The van der Waals surface area contributed by atoms with E-state index in [2.05, 4.69) is 10.6 Å². The molecule has 2 N–H and O–H groups in total. The van der Waals surface area contributed by atoms with Crippen molar-refractivity contribution in [3.63, 3.8) is 0 Å². The Bertz CT molecular complexity index is 573. The third-order valence-corrected chi connectivity index (χ3v) is 3.79. The summed E-state index contributed by atoms with van der Waals surface area (Å²) in [4.78, 5) is 11.9. The van der Waals surface area contributed by atoms with Gasteiger partial charge in [-0.15, -0.1) is 0 Å². The van der Waals surface area contributed by atoms with Crippen LogP contribution in [0.15, 0.2) is 18.2 Å². The van der Waals surface area contributed by atoms with Crippen LogP contribution < -0.4 is 10.6 Å². The molecule has 6 heteroatoms. The first-order valence-electron chi connectivity index (χ1n) is 7.27. The number of anilines is 1. The lowest BCUT2D eigenvalue weighted by molar-refractivity contribution is -0.115. The molecule has 1 saturated heterocycles. The van der Waals surface area contributed by atoms with Gasteiger partial charge in [0.25, 0.3) is 0 Å². The number of ether oxygens (including phenoxy) is 1. The maximum absolute atomic E-state index is 13.5. The van der Waals surface area contributed by atoms with Crippen LogP contribution in [0, 0.1) is 11.6 Å². The van der Waals surface area contributed by atoms with Crippen molar-refractivity contribution in [3.8, 4) is 0 Å². The standard InChI is InChI=1S/C16H22F2N2O2/c1-15(2)8-13(16(3,4)22-15)19-9-14(21)20-12-7-10(17)5-6-11(12)18/h5-7,13,19H,8-9H2,1-4H3,(H,20,21)/t13-/m1/s1. The van der Waals surface area contributed by atoms with Crippen LogP contribution in [0.1, 0.15) is 34.1 Å². The third kappa shape index (κ3) is 4.01. The van der Waals surface area contributed by atoms with Crippen LogP contribution in [0.25, 0.3) is 0 Å². The SMILES string of the molecule is CC1(C)C[C@@H](NCC(=O)Nc2cc(F)ccc2F)C(C)(C)O1. The Kier molecular flexibility index (Phi) is 4.54. The largest absolute Gasteiger partial charge is 0.368 e. The van der Waals surface area contributed by atoms with Crippen molar-refractivity contribution in [1.29, 1.82) is 0 Å². The first-order chi connectivity index (χ1) is 10.1. The number of benzene rings is 1. The Morgan fingerprint density at radius 1 is 1.32 bits per heavy atom. The third-order valence-electron chi connectivity index (χ3n) is 3.79. The lowest BCUT2D eigenvalue weighted by Gasteiger charge is -2.27. The Morgan fingerprint density at radius 2 is 2.00 bits per heavy atom. The molecule has 4 nitrogen and oxygen atoms in total. The van der Waals surface area contributed by atoms with Gasteiger partial charge >= 0.3 is 0 Å². The summed E-state index contributed by atoms with van der Waals surface area (Å²) in [6, 6.07) is 2.95. The molecule has 0 radical (unpaired) electrons. The molecule has 1 heterocycles. The normalized spacial score (nSPS) is 22.5. The molecule has 2 rings (SSSR count). The maximum Gasteiger partial charge on any atom is 0.238 e. The van der Waals surface area contributed by atoms with Gasteiger partial charge in [0.1, 0.15) is 11.6 Å². The minimum Gasteiger partial charge on any atom is -0.368 e. The van der Waals surface area contributed by atoms with Crippen LogP contribution in [-0.2, 0) is 9.53 Å². The highest BCUT2D eigenvalue weighted by Crippen LogP contribution is 2.37. The Labute approximate surface area is 129 Å². The molecule has 0 saturated carbocycles. The minimum atomic E-state index is -0.666. The molecule has 1 aromatic carbocycles. The zero-order valence-electron chi connectivity index (χ0n) is 13.3. The van der Waals surface area contributed by atoms with Gasteiger partial charge in [-0.1, -0.05) is 0 Å². The number of hydrogen-bond acceptors (Lipinski definition) is 3. The molecule has 0 unspecified atom stereocenters. The van der Waals surface area contributed by atoms with Crippen molar-refractivity contribution in [2.75, 3.05) is 11.9 Å². The fourth-order valence-corrected chi connectivity index (χ4v) is 2.88. The summed E-state index contributed by atoms with van der Waals surface area (Å²) in [7, 11) is 0. The van der Waals surface area contributed by atoms with Crippen molar-refractivity contribution >= 4 is 11.6 Å². The lowest BCUT2D eigenvalue weighted by atomic mass is 9.94. The molecular weight excluding hydrogens is 290 g/mol. The average molecular weight is 312 g/mol. The second kappa shape index (κ2) is 5.93. The van der Waals surface area contributed by atoms with Gasteiger partial charge in [0, 0.05) is 12.1 Å². The Balaban J connectivity index is 1.92. The van der Waals surface area contributed by atoms with Gasteiger partial charge in [-0.05, 0) is 46.2 Å². The molecule has 22 heavy (non-hydrogen) atoms. The second-order valence-electron chi connectivity index (χ2n) is 6.78. The van der Waals surface area contributed by atoms with E-state index in [-0.39, 0.29) is 23.9 Å². The van der Waals surface area contributed by atoms with Crippen LogP contribution >= 0.6 is 0 Å². The lowest BCUT2D eigenvalue weighted by Crippen LogP contribution is -2.46. The van der Waals surface area contributed by atoms with E-state index in [9.17, 15) is 13.6 Å². The quantitative estimate of drug-likeness (QED) is 0.899. The van der Waals surface area contributed by atoms with Gasteiger partial charge in [0.05, 0.1) is 23.4 Å². The molecule has 1 atom stereocenters. The molecule has 0 aliphatic carbocycles. The van der Waals surface area contributed by atoms with E-state index >= 15 is 0 Å². The molecule has 1 amide bonds. The van der Waals surface area contributed by atoms with Crippen molar-refractivity contribution in [2.45, 2.75) is 51.4 Å². The molecule has 0 bridgehead atoms. The molecule has 122 valence electrons. The van der Waals surface area contributed by atoms with Gasteiger partial charge in [0.2, 0.25) is 5.91 Å². The van der Waals surface area contributed by atoms with Crippen molar-refractivity contribution in [2.24, 2.45) is 0 Å². The maximum atomic E-state index is 13.5.